The molecule has 1 aliphatic heterocycles. The van der Waals surface area contributed by atoms with Gasteiger partial charge >= 0.3 is 6.18 Å². The Bertz CT molecular complexity index is 812. The van der Waals surface area contributed by atoms with Gasteiger partial charge in [0.25, 0.3) is 0 Å². The van der Waals surface area contributed by atoms with Gasteiger partial charge in [0, 0.05) is 23.8 Å². The Kier molecular flexibility index (Phi) is 4.47. The molecule has 1 aliphatic carbocycles. The van der Waals surface area contributed by atoms with Crippen molar-refractivity contribution in [1.82, 2.24) is 14.8 Å². The molecule has 2 heterocycles. The Morgan fingerprint density at radius 2 is 1.81 bits per heavy atom. The molecule has 1 atom stereocenters. The predicted molar refractivity (Wildman–Crippen MR) is 90.5 cm³/mol. The lowest BCUT2D eigenvalue weighted by Crippen LogP contribution is -2.28. The van der Waals surface area contributed by atoms with E-state index in [1.54, 1.807) is 6.07 Å². The molecule has 4 rings (SSSR count). The van der Waals surface area contributed by atoms with Gasteiger partial charge in [-0.3, -0.25) is 4.57 Å². The third-order valence-electron chi connectivity index (χ3n) is 5.47. The Morgan fingerprint density at radius 1 is 1.08 bits per heavy atom. The normalized spacial score (nSPS) is 26.1. The van der Waals surface area contributed by atoms with Crippen molar-refractivity contribution in [2.24, 2.45) is 5.92 Å². The molecule has 0 saturated heterocycles. The van der Waals surface area contributed by atoms with E-state index in [0.29, 0.717) is 42.4 Å². The number of hydrogen-bond acceptors (Lipinski definition) is 3. The summed E-state index contributed by atoms with van der Waals surface area (Å²) < 4.78 is 40.7. The maximum atomic E-state index is 12.9. The van der Waals surface area contributed by atoms with Crippen LogP contribution in [-0.2, 0) is 12.8 Å². The molecule has 2 aromatic rings. The average molecular weight is 386 g/mol. The van der Waals surface area contributed by atoms with Crippen LogP contribution in [0.25, 0.3) is 5.69 Å². The van der Waals surface area contributed by atoms with Gasteiger partial charge in [-0.2, -0.15) is 13.2 Å². The predicted octanol–water partition coefficient (Wildman–Crippen LogP) is 4.22. The number of alkyl halides is 3. The van der Waals surface area contributed by atoms with Gasteiger partial charge in [-0.15, -0.1) is 10.2 Å². The minimum absolute atomic E-state index is 0.0615. The Hall–Kier alpha value is -1.60. The van der Waals surface area contributed by atoms with Gasteiger partial charge in [0.2, 0.25) is 0 Å². The van der Waals surface area contributed by atoms with Gasteiger partial charge in [-0.1, -0.05) is 11.6 Å². The fraction of sp³-hybridized carbons (Fsp3) is 0.556. The van der Waals surface area contributed by atoms with Crippen molar-refractivity contribution < 1.29 is 18.3 Å². The summed E-state index contributed by atoms with van der Waals surface area (Å²) in [5.41, 5.74) is 1.76. The van der Waals surface area contributed by atoms with Crippen LogP contribution in [0.1, 0.15) is 48.8 Å². The van der Waals surface area contributed by atoms with Crippen LogP contribution in [0.5, 0.6) is 0 Å². The molecule has 4 nitrogen and oxygen atoms in total. The number of rotatable bonds is 1. The zero-order valence-corrected chi connectivity index (χ0v) is 14.8. The first kappa shape index (κ1) is 17.8. The van der Waals surface area contributed by atoms with Crippen molar-refractivity contribution in [2.45, 2.75) is 56.7 Å². The zero-order valence-electron chi connectivity index (χ0n) is 14.0. The molecule has 0 spiro atoms. The molecule has 1 unspecified atom stereocenters. The van der Waals surface area contributed by atoms with Crippen molar-refractivity contribution in [2.75, 3.05) is 0 Å². The van der Waals surface area contributed by atoms with E-state index in [1.165, 1.54) is 0 Å². The van der Waals surface area contributed by atoms with Crippen molar-refractivity contribution in [3.63, 3.8) is 0 Å². The third kappa shape index (κ3) is 3.22. The van der Waals surface area contributed by atoms with Gasteiger partial charge in [0.1, 0.15) is 11.6 Å². The van der Waals surface area contributed by atoms with E-state index in [2.05, 4.69) is 10.2 Å². The second-order valence-electron chi connectivity index (χ2n) is 7.24. The van der Waals surface area contributed by atoms with Crippen LogP contribution >= 0.6 is 11.6 Å². The number of aliphatic hydroxyl groups is 1. The van der Waals surface area contributed by atoms with Crippen LogP contribution < -0.4 is 0 Å². The van der Waals surface area contributed by atoms with Crippen molar-refractivity contribution in [1.29, 1.82) is 0 Å². The average Bonchev–Trinajstić information content (AvgIpc) is 2.91. The maximum absolute atomic E-state index is 12.9. The second kappa shape index (κ2) is 6.53. The maximum Gasteiger partial charge on any atom is 0.391 e. The van der Waals surface area contributed by atoms with Crippen molar-refractivity contribution >= 4 is 11.6 Å². The SMILES string of the molecule is OC1Cc2cc(Cl)ccc2-n2c(nnc2[C@H]2CC[C@H](C(F)(F)F)CC2)C1. The number of halogens is 4. The summed E-state index contributed by atoms with van der Waals surface area (Å²) in [5.74, 6) is 0.0524. The standard InChI is InChI=1S/C18H19ClF3N3O/c19-13-5-6-15-11(7-13)8-14(26)9-16-23-24-17(25(15)16)10-1-3-12(4-2-10)18(20,21)22/h5-7,10,12,14,26H,1-4,8-9H2/t10-,12-,14?. The number of aliphatic hydroxyl groups excluding tert-OH is 1. The van der Waals surface area contributed by atoms with E-state index < -0.39 is 18.2 Å². The molecular formula is C18H19ClF3N3O. The largest absolute Gasteiger partial charge is 0.392 e. The summed E-state index contributed by atoms with van der Waals surface area (Å²) in [5, 5.41) is 19.4. The van der Waals surface area contributed by atoms with Crippen molar-refractivity contribution in [3.05, 3.63) is 40.4 Å². The number of fused-ring (bicyclic) bond motifs is 3. The molecular weight excluding hydrogens is 367 g/mol. The number of nitrogens with zero attached hydrogens (tertiary/aromatic N) is 3. The summed E-state index contributed by atoms with van der Waals surface area (Å²) in [7, 11) is 0. The fourth-order valence-electron chi connectivity index (χ4n) is 4.14. The Balaban J connectivity index is 1.69. The lowest BCUT2D eigenvalue weighted by molar-refractivity contribution is -0.182. The number of hydrogen-bond donors (Lipinski definition) is 1. The van der Waals surface area contributed by atoms with E-state index in [0.717, 1.165) is 11.3 Å². The topological polar surface area (TPSA) is 50.9 Å². The molecule has 0 radical (unpaired) electrons. The van der Waals surface area contributed by atoms with Crippen molar-refractivity contribution in [3.8, 4) is 5.69 Å². The van der Waals surface area contributed by atoms with Crippen LogP contribution in [0, 0.1) is 5.92 Å². The van der Waals surface area contributed by atoms with Gasteiger partial charge in [0.15, 0.2) is 0 Å². The fourth-order valence-corrected chi connectivity index (χ4v) is 4.34. The minimum Gasteiger partial charge on any atom is -0.392 e. The summed E-state index contributed by atoms with van der Waals surface area (Å²) in [6.45, 7) is 0. The highest BCUT2D eigenvalue weighted by atomic mass is 35.5. The van der Waals surface area contributed by atoms with Crippen LogP contribution in [0.15, 0.2) is 18.2 Å². The molecule has 8 heteroatoms. The quantitative estimate of drug-likeness (QED) is 0.799. The van der Waals surface area contributed by atoms with Gasteiger partial charge in [0.05, 0.1) is 17.7 Å². The minimum atomic E-state index is -4.12. The van der Waals surface area contributed by atoms with E-state index in [-0.39, 0.29) is 18.8 Å². The summed E-state index contributed by atoms with van der Waals surface area (Å²) >= 11 is 6.10. The molecule has 0 amide bonds. The zero-order chi connectivity index (χ0) is 18.5. The lowest BCUT2D eigenvalue weighted by atomic mass is 9.81. The molecule has 0 bridgehead atoms. The summed E-state index contributed by atoms with van der Waals surface area (Å²) in [6, 6.07) is 5.46. The van der Waals surface area contributed by atoms with E-state index >= 15 is 0 Å². The monoisotopic (exact) mass is 385 g/mol. The van der Waals surface area contributed by atoms with Gasteiger partial charge < -0.3 is 5.11 Å². The molecule has 26 heavy (non-hydrogen) atoms. The summed E-state index contributed by atoms with van der Waals surface area (Å²) in [6.07, 6.45) is -2.79. The molecule has 1 saturated carbocycles. The first-order valence-electron chi connectivity index (χ1n) is 8.80. The van der Waals surface area contributed by atoms with Crippen LogP contribution in [0.4, 0.5) is 13.2 Å². The van der Waals surface area contributed by atoms with Crippen LogP contribution in [0.3, 0.4) is 0 Å². The molecule has 1 fully saturated rings. The van der Waals surface area contributed by atoms with E-state index in [9.17, 15) is 18.3 Å². The van der Waals surface area contributed by atoms with Gasteiger partial charge in [-0.25, -0.2) is 0 Å². The van der Waals surface area contributed by atoms with E-state index in [1.807, 2.05) is 16.7 Å². The highest BCUT2D eigenvalue weighted by Crippen LogP contribution is 2.43. The van der Waals surface area contributed by atoms with Crippen LogP contribution in [0.2, 0.25) is 5.02 Å². The first-order valence-corrected chi connectivity index (χ1v) is 9.18. The Labute approximate surface area is 154 Å². The molecule has 1 aromatic carbocycles. The third-order valence-corrected chi connectivity index (χ3v) is 5.70. The highest BCUT2D eigenvalue weighted by Gasteiger charge is 2.42. The number of benzene rings is 1. The molecule has 1 N–H and O–H groups in total. The summed E-state index contributed by atoms with van der Waals surface area (Å²) in [4.78, 5) is 0. The van der Waals surface area contributed by atoms with E-state index in [4.69, 9.17) is 11.6 Å². The lowest BCUT2D eigenvalue weighted by Gasteiger charge is -2.29. The molecule has 2 aliphatic rings. The number of aromatic nitrogens is 3. The van der Waals surface area contributed by atoms with Crippen LogP contribution in [-0.4, -0.2) is 32.2 Å². The molecule has 1 aromatic heterocycles. The molecule has 140 valence electrons. The highest BCUT2D eigenvalue weighted by molar-refractivity contribution is 6.30. The van der Waals surface area contributed by atoms with Gasteiger partial charge in [-0.05, 0) is 49.4 Å². The smallest absolute Gasteiger partial charge is 0.391 e. The Morgan fingerprint density at radius 3 is 2.50 bits per heavy atom. The second-order valence-corrected chi connectivity index (χ2v) is 7.67. The first-order chi connectivity index (χ1) is 12.3.